The smallest absolute Gasteiger partial charge is 0.416 e. The number of Topliss-reactive ketones (excluding diaryl/α,β-unsaturated/α-hetero) is 1. The van der Waals surface area contributed by atoms with Crippen molar-refractivity contribution in [2.45, 2.75) is 82.9 Å². The standard InChI is InChI=1S/C42H44ClF3N4O7S2/c1-6-24-18-41(24,39(53)49-59(54,55)28-11-12-28)19-34(51)33-16-27(57-37-30-15-26(43)10-13-29(30)35(56-5)20-47-37)21-50(33)38(52)31(40(2,3)4)17-36-48-32(22-58-36)23-8-7-9-25(14-23)42(44,45)46/h6-10,13-15,20,22,24,27-28,31,33H,1,11-12,16-19,21H2,2-5H3,(H,49,53)/t24-,27-,31-,33+,41-/m1/s1. The van der Waals surface area contributed by atoms with Crippen LogP contribution in [0, 0.1) is 22.7 Å². The lowest BCUT2D eigenvalue weighted by Crippen LogP contribution is -2.48. The van der Waals surface area contributed by atoms with Crippen LogP contribution in [0.3, 0.4) is 0 Å². The molecular formula is C42H44ClF3N4O7S2. The summed E-state index contributed by atoms with van der Waals surface area (Å²) in [5, 5.41) is 3.18. The topological polar surface area (TPSA) is 145 Å². The van der Waals surface area contributed by atoms with Crippen molar-refractivity contribution in [3.63, 3.8) is 0 Å². The van der Waals surface area contributed by atoms with Crippen LogP contribution in [0.25, 0.3) is 22.0 Å². The number of carbonyl (C=O) groups excluding carboxylic acids is 3. The van der Waals surface area contributed by atoms with Gasteiger partial charge in [0.25, 0.3) is 0 Å². The molecule has 2 aliphatic carbocycles. The first kappa shape index (κ1) is 42.6. The third kappa shape index (κ3) is 8.85. The fourth-order valence-electron chi connectivity index (χ4n) is 7.85. The highest BCUT2D eigenvalue weighted by atomic mass is 35.5. The van der Waals surface area contributed by atoms with E-state index in [1.165, 1.54) is 35.6 Å². The Labute approximate surface area is 349 Å². The second-order valence-corrected chi connectivity index (χ2v) is 20.0. The van der Waals surface area contributed by atoms with Crippen LogP contribution >= 0.6 is 22.9 Å². The van der Waals surface area contributed by atoms with Crippen molar-refractivity contribution in [3.05, 3.63) is 82.3 Å². The van der Waals surface area contributed by atoms with Crippen LogP contribution in [0.5, 0.6) is 11.6 Å². The van der Waals surface area contributed by atoms with Crippen LogP contribution in [0.1, 0.15) is 63.4 Å². The number of benzene rings is 2. The summed E-state index contributed by atoms with van der Waals surface area (Å²) in [6.07, 6.45) is -1.25. The zero-order valence-electron chi connectivity index (χ0n) is 32.8. The van der Waals surface area contributed by atoms with Gasteiger partial charge in [0.15, 0.2) is 5.78 Å². The lowest BCUT2D eigenvalue weighted by Gasteiger charge is -2.35. The van der Waals surface area contributed by atoms with Crippen molar-refractivity contribution < 1.29 is 45.4 Å². The van der Waals surface area contributed by atoms with Crippen LogP contribution in [-0.2, 0) is 37.0 Å². The summed E-state index contributed by atoms with van der Waals surface area (Å²) in [4.78, 5) is 53.7. The lowest BCUT2D eigenvalue weighted by atomic mass is 9.77. The predicted octanol–water partition coefficient (Wildman–Crippen LogP) is 8.05. The number of fused-ring (bicyclic) bond motifs is 1. The molecule has 59 heavy (non-hydrogen) atoms. The third-order valence-electron chi connectivity index (χ3n) is 11.5. The second-order valence-electron chi connectivity index (χ2n) is 16.7. The zero-order chi connectivity index (χ0) is 42.7. The number of carbonyl (C=O) groups is 3. The molecule has 1 saturated heterocycles. The quantitative estimate of drug-likeness (QED) is 0.125. The van der Waals surface area contributed by atoms with Gasteiger partial charge in [-0.1, -0.05) is 50.6 Å². The number of pyridine rings is 1. The Morgan fingerprint density at radius 3 is 2.53 bits per heavy atom. The molecule has 0 bridgehead atoms. The average Bonchev–Trinajstić information content (AvgIpc) is 4.06. The first-order valence-electron chi connectivity index (χ1n) is 19.2. The average molecular weight is 873 g/mol. The number of amides is 2. The summed E-state index contributed by atoms with van der Waals surface area (Å²) < 4.78 is 80.3. The fourth-order valence-corrected chi connectivity index (χ4v) is 10.3. The summed E-state index contributed by atoms with van der Waals surface area (Å²) in [5.74, 6) is -2.07. The molecular weight excluding hydrogens is 829 g/mol. The molecule has 2 saturated carbocycles. The molecule has 314 valence electrons. The minimum Gasteiger partial charge on any atom is -0.494 e. The van der Waals surface area contributed by atoms with Gasteiger partial charge >= 0.3 is 6.18 Å². The minimum atomic E-state index is -4.53. The number of aromatic nitrogens is 2. The maximum absolute atomic E-state index is 14.9. The molecule has 1 N–H and O–H groups in total. The molecule has 17 heteroatoms. The summed E-state index contributed by atoms with van der Waals surface area (Å²) in [7, 11) is -2.39. The van der Waals surface area contributed by atoms with E-state index in [0.29, 0.717) is 45.1 Å². The summed E-state index contributed by atoms with van der Waals surface area (Å²) in [6.45, 7) is 9.44. The Bertz CT molecular complexity index is 2430. The van der Waals surface area contributed by atoms with Crippen LogP contribution in [0.2, 0.25) is 5.02 Å². The zero-order valence-corrected chi connectivity index (χ0v) is 35.2. The number of likely N-dealkylation sites (tertiary alicyclic amines) is 1. The van der Waals surface area contributed by atoms with E-state index in [1.54, 1.807) is 35.7 Å². The van der Waals surface area contributed by atoms with E-state index in [2.05, 4.69) is 21.3 Å². The highest BCUT2D eigenvalue weighted by molar-refractivity contribution is 7.90. The van der Waals surface area contributed by atoms with E-state index >= 15 is 0 Å². The van der Waals surface area contributed by atoms with Crippen molar-refractivity contribution >= 4 is 61.3 Å². The predicted molar refractivity (Wildman–Crippen MR) is 217 cm³/mol. The molecule has 2 aromatic carbocycles. The van der Waals surface area contributed by atoms with E-state index in [-0.39, 0.29) is 49.6 Å². The number of sulfonamides is 1. The Hall–Kier alpha value is -4.54. The molecule has 0 unspecified atom stereocenters. The summed E-state index contributed by atoms with van der Waals surface area (Å²) in [5.41, 5.74) is -2.20. The summed E-state index contributed by atoms with van der Waals surface area (Å²) >= 11 is 7.59. The maximum Gasteiger partial charge on any atom is 0.416 e. The van der Waals surface area contributed by atoms with Crippen LogP contribution in [0.15, 0.2) is 66.7 Å². The highest BCUT2D eigenvalue weighted by Gasteiger charge is 2.61. The Morgan fingerprint density at radius 1 is 1.14 bits per heavy atom. The normalized spacial score (nSPS) is 22.5. The molecule has 11 nitrogen and oxygen atoms in total. The van der Waals surface area contributed by atoms with E-state index < -0.39 is 73.5 Å². The van der Waals surface area contributed by atoms with Crippen molar-refractivity contribution in [2.24, 2.45) is 22.7 Å². The summed E-state index contributed by atoms with van der Waals surface area (Å²) in [6, 6.07) is 8.98. The number of alkyl halides is 3. The van der Waals surface area contributed by atoms with Gasteiger partial charge < -0.3 is 14.4 Å². The molecule has 5 atom stereocenters. The number of methoxy groups -OCH3 is 1. The van der Waals surface area contributed by atoms with Gasteiger partial charge in [-0.15, -0.1) is 17.9 Å². The van der Waals surface area contributed by atoms with Crippen LogP contribution in [-0.4, -0.2) is 71.9 Å². The molecule has 3 heterocycles. The first-order chi connectivity index (χ1) is 27.7. The van der Waals surface area contributed by atoms with Gasteiger partial charge in [-0.05, 0) is 60.9 Å². The third-order valence-corrected chi connectivity index (χ3v) is 14.4. The molecule has 2 aromatic heterocycles. The van der Waals surface area contributed by atoms with E-state index in [0.717, 1.165) is 12.1 Å². The molecule has 0 radical (unpaired) electrons. The molecule has 3 aliphatic rings. The molecule has 4 aromatic rings. The number of rotatable bonds is 14. The van der Waals surface area contributed by atoms with Crippen molar-refractivity contribution in [1.82, 2.24) is 19.6 Å². The molecule has 7 rings (SSSR count). The van der Waals surface area contributed by atoms with Crippen molar-refractivity contribution in [2.75, 3.05) is 13.7 Å². The van der Waals surface area contributed by atoms with Gasteiger partial charge in [0.1, 0.15) is 11.9 Å². The van der Waals surface area contributed by atoms with Gasteiger partial charge in [0, 0.05) is 51.9 Å². The lowest BCUT2D eigenvalue weighted by molar-refractivity contribution is -0.144. The van der Waals surface area contributed by atoms with Crippen molar-refractivity contribution in [3.8, 4) is 22.9 Å². The van der Waals surface area contributed by atoms with Gasteiger partial charge in [0.2, 0.25) is 27.7 Å². The first-order valence-corrected chi connectivity index (χ1v) is 22.0. The Balaban J connectivity index is 1.19. The largest absolute Gasteiger partial charge is 0.494 e. The Morgan fingerprint density at radius 2 is 1.88 bits per heavy atom. The molecule has 2 amide bonds. The van der Waals surface area contributed by atoms with E-state index in [9.17, 15) is 36.0 Å². The van der Waals surface area contributed by atoms with Gasteiger partial charge in [0.05, 0.1) is 52.8 Å². The van der Waals surface area contributed by atoms with E-state index in [4.69, 9.17) is 21.1 Å². The SMILES string of the molecule is C=C[C@@H]1C[C@]1(CC(=O)[C@@H]1C[C@@H](Oc2ncc(OC)c3ccc(Cl)cc23)CN1C(=O)[C@@H](Cc1nc(-c2cccc(C(F)(F)F)c2)cs1)C(C)(C)C)C(=O)NS(=O)(=O)C1CC1. The number of hydrogen-bond donors (Lipinski definition) is 1. The minimum absolute atomic E-state index is 0.0227. The number of hydrogen-bond acceptors (Lipinski definition) is 10. The molecule has 1 aliphatic heterocycles. The molecule has 0 spiro atoms. The number of allylic oxidation sites excluding steroid dienone is 1. The number of nitrogens with zero attached hydrogens (tertiary/aromatic N) is 3. The van der Waals surface area contributed by atoms with Gasteiger partial charge in [-0.3, -0.25) is 19.1 Å². The monoisotopic (exact) mass is 872 g/mol. The number of nitrogens with one attached hydrogen (secondary N) is 1. The van der Waals surface area contributed by atoms with Gasteiger partial charge in [-0.2, -0.15) is 13.2 Å². The van der Waals surface area contributed by atoms with Crippen LogP contribution in [0.4, 0.5) is 13.2 Å². The highest BCUT2D eigenvalue weighted by Crippen LogP contribution is 2.57. The Kier molecular flexibility index (Phi) is 11.4. The van der Waals surface area contributed by atoms with E-state index in [1.807, 2.05) is 20.8 Å². The fraction of sp³-hybridized carbons (Fsp3) is 0.452. The van der Waals surface area contributed by atoms with Crippen LogP contribution < -0.4 is 14.2 Å². The number of ketones is 1. The van der Waals surface area contributed by atoms with Gasteiger partial charge in [-0.25, -0.2) is 18.4 Å². The maximum atomic E-state index is 14.9. The number of halogens is 4. The number of ether oxygens (including phenoxy) is 2. The second kappa shape index (κ2) is 15.8. The molecule has 3 fully saturated rings. The van der Waals surface area contributed by atoms with Crippen molar-refractivity contribution in [1.29, 1.82) is 0 Å². The number of thiazole rings is 1.